The van der Waals surface area contributed by atoms with Crippen LogP contribution >= 0.6 is 15.9 Å². The molecule has 0 amide bonds. The summed E-state index contributed by atoms with van der Waals surface area (Å²) in [5, 5.41) is 1.15. The average Bonchev–Trinajstić information content (AvgIpc) is 2.31. The van der Waals surface area contributed by atoms with Gasteiger partial charge in [-0.1, -0.05) is 0 Å². The fourth-order valence-corrected chi connectivity index (χ4v) is 1.74. The number of rotatable bonds is 0. The first-order valence-corrected chi connectivity index (χ1v) is 4.51. The van der Waals surface area contributed by atoms with Gasteiger partial charge in [-0.05, 0) is 41.1 Å². The van der Waals surface area contributed by atoms with Crippen LogP contribution < -0.4 is 5.73 Å². The Hall–Kier alpha value is -0.960. The fraction of sp³-hybridized carbons (Fsp3) is 0.111. The Morgan fingerprint density at radius 3 is 2.92 bits per heavy atom. The summed E-state index contributed by atoms with van der Waals surface area (Å²) in [5.74, 6) is 0. The number of aromatic amines is 1. The summed E-state index contributed by atoms with van der Waals surface area (Å²) in [6, 6.07) is 5.84. The summed E-state index contributed by atoms with van der Waals surface area (Å²) < 4.78 is 1.10. The van der Waals surface area contributed by atoms with Gasteiger partial charge < -0.3 is 10.7 Å². The maximum Gasteiger partial charge on any atom is 0.0469 e. The molecule has 2 aromatic rings. The summed E-state index contributed by atoms with van der Waals surface area (Å²) in [4.78, 5) is 3.25. The number of aromatic nitrogens is 1. The van der Waals surface area contributed by atoms with Crippen molar-refractivity contribution in [3.8, 4) is 0 Å². The van der Waals surface area contributed by atoms with Crippen molar-refractivity contribution in [2.75, 3.05) is 5.73 Å². The predicted octanol–water partition coefficient (Wildman–Crippen LogP) is 2.82. The number of anilines is 1. The maximum absolute atomic E-state index is 5.67. The third-order valence-electron chi connectivity index (χ3n) is 1.93. The van der Waals surface area contributed by atoms with Crippen LogP contribution in [-0.2, 0) is 0 Å². The molecule has 0 atom stereocenters. The standard InChI is InChI=1S/C9H9BrN2/c1-5-9(10)7-4-6(11)2-3-8(7)12-5/h2-4,12H,11H2,1H3. The molecule has 3 N–H and O–H groups in total. The summed E-state index contributed by atoms with van der Waals surface area (Å²) in [6.07, 6.45) is 0. The molecule has 2 nitrogen and oxygen atoms in total. The zero-order chi connectivity index (χ0) is 8.72. The Morgan fingerprint density at radius 1 is 1.42 bits per heavy atom. The van der Waals surface area contributed by atoms with Gasteiger partial charge in [-0.3, -0.25) is 0 Å². The molecule has 0 spiro atoms. The highest BCUT2D eigenvalue weighted by Crippen LogP contribution is 2.28. The van der Waals surface area contributed by atoms with Gasteiger partial charge in [0.15, 0.2) is 0 Å². The van der Waals surface area contributed by atoms with Gasteiger partial charge in [0.2, 0.25) is 0 Å². The number of aryl methyl sites for hydroxylation is 1. The smallest absolute Gasteiger partial charge is 0.0469 e. The largest absolute Gasteiger partial charge is 0.399 e. The number of halogens is 1. The monoisotopic (exact) mass is 224 g/mol. The van der Waals surface area contributed by atoms with Crippen LogP contribution in [0.15, 0.2) is 22.7 Å². The highest BCUT2D eigenvalue weighted by atomic mass is 79.9. The lowest BCUT2D eigenvalue weighted by atomic mass is 10.2. The van der Waals surface area contributed by atoms with Crippen LogP contribution in [0, 0.1) is 6.92 Å². The van der Waals surface area contributed by atoms with E-state index >= 15 is 0 Å². The minimum atomic E-state index is 0.794. The van der Waals surface area contributed by atoms with E-state index < -0.39 is 0 Å². The number of H-pyrrole nitrogens is 1. The number of nitrogens with two attached hydrogens (primary N) is 1. The summed E-state index contributed by atoms with van der Waals surface area (Å²) >= 11 is 3.50. The number of benzene rings is 1. The van der Waals surface area contributed by atoms with Gasteiger partial charge >= 0.3 is 0 Å². The van der Waals surface area contributed by atoms with Crippen LogP contribution in [0.3, 0.4) is 0 Å². The second-order valence-electron chi connectivity index (χ2n) is 2.87. The van der Waals surface area contributed by atoms with E-state index in [4.69, 9.17) is 5.73 Å². The Kier molecular flexibility index (Phi) is 1.61. The van der Waals surface area contributed by atoms with Crippen molar-refractivity contribution >= 4 is 32.5 Å². The van der Waals surface area contributed by atoms with Crippen LogP contribution in [0.1, 0.15) is 5.69 Å². The average molecular weight is 225 g/mol. The quantitative estimate of drug-likeness (QED) is 0.665. The van der Waals surface area contributed by atoms with E-state index in [1.54, 1.807) is 0 Å². The third kappa shape index (κ3) is 1.01. The first kappa shape index (κ1) is 7.68. The topological polar surface area (TPSA) is 41.8 Å². The molecule has 1 aromatic heterocycles. The Bertz CT molecular complexity index is 431. The van der Waals surface area contributed by atoms with Crippen molar-refractivity contribution in [1.29, 1.82) is 0 Å². The number of fused-ring (bicyclic) bond motifs is 1. The lowest BCUT2D eigenvalue weighted by Crippen LogP contribution is -1.81. The van der Waals surface area contributed by atoms with Crippen molar-refractivity contribution in [3.05, 3.63) is 28.4 Å². The molecule has 0 aliphatic carbocycles. The summed E-state index contributed by atoms with van der Waals surface area (Å²) in [5.41, 5.74) is 8.71. The summed E-state index contributed by atoms with van der Waals surface area (Å²) in [6.45, 7) is 2.03. The normalized spacial score (nSPS) is 10.8. The van der Waals surface area contributed by atoms with Crippen molar-refractivity contribution in [1.82, 2.24) is 4.98 Å². The van der Waals surface area contributed by atoms with Gasteiger partial charge in [0, 0.05) is 26.8 Å². The minimum absolute atomic E-state index is 0.794. The van der Waals surface area contributed by atoms with Crippen LogP contribution in [0.2, 0.25) is 0 Å². The van der Waals surface area contributed by atoms with Crippen LogP contribution in [0.5, 0.6) is 0 Å². The van der Waals surface area contributed by atoms with Crippen LogP contribution in [0.25, 0.3) is 10.9 Å². The highest BCUT2D eigenvalue weighted by Gasteiger charge is 2.04. The van der Waals surface area contributed by atoms with Gasteiger partial charge in [-0.25, -0.2) is 0 Å². The van der Waals surface area contributed by atoms with E-state index in [-0.39, 0.29) is 0 Å². The second kappa shape index (κ2) is 2.52. The van der Waals surface area contributed by atoms with Crippen molar-refractivity contribution in [2.24, 2.45) is 0 Å². The molecule has 0 unspecified atom stereocenters. The van der Waals surface area contributed by atoms with Gasteiger partial charge in [-0.15, -0.1) is 0 Å². The fourth-order valence-electron chi connectivity index (χ4n) is 1.31. The first-order valence-electron chi connectivity index (χ1n) is 3.72. The molecule has 0 radical (unpaired) electrons. The van der Waals surface area contributed by atoms with E-state index in [9.17, 15) is 0 Å². The molecule has 0 aliphatic rings. The Morgan fingerprint density at radius 2 is 2.17 bits per heavy atom. The van der Waals surface area contributed by atoms with Crippen LogP contribution in [0.4, 0.5) is 5.69 Å². The molecule has 0 aliphatic heterocycles. The van der Waals surface area contributed by atoms with E-state index in [2.05, 4.69) is 20.9 Å². The van der Waals surface area contributed by atoms with E-state index in [0.717, 1.165) is 26.8 Å². The third-order valence-corrected chi connectivity index (χ3v) is 2.95. The molecule has 12 heavy (non-hydrogen) atoms. The van der Waals surface area contributed by atoms with Gasteiger partial charge in [0.05, 0.1) is 0 Å². The first-order chi connectivity index (χ1) is 5.68. The molecule has 0 fully saturated rings. The van der Waals surface area contributed by atoms with Crippen molar-refractivity contribution < 1.29 is 0 Å². The van der Waals surface area contributed by atoms with Gasteiger partial charge in [0.25, 0.3) is 0 Å². The Labute approximate surface area is 78.9 Å². The molecule has 0 saturated heterocycles. The van der Waals surface area contributed by atoms with E-state index in [0.29, 0.717) is 0 Å². The zero-order valence-corrected chi connectivity index (χ0v) is 8.27. The molecule has 1 aromatic carbocycles. The summed E-state index contributed by atoms with van der Waals surface area (Å²) in [7, 11) is 0. The lowest BCUT2D eigenvalue weighted by Gasteiger charge is -1.92. The highest BCUT2D eigenvalue weighted by molar-refractivity contribution is 9.10. The number of nitrogen functional groups attached to an aromatic ring is 1. The molecule has 1 heterocycles. The van der Waals surface area contributed by atoms with Crippen molar-refractivity contribution in [2.45, 2.75) is 6.92 Å². The number of hydrogen-bond donors (Lipinski definition) is 2. The molecule has 62 valence electrons. The lowest BCUT2D eigenvalue weighted by molar-refractivity contribution is 1.29. The van der Waals surface area contributed by atoms with Crippen LogP contribution in [-0.4, -0.2) is 4.98 Å². The predicted molar refractivity (Wildman–Crippen MR) is 55.1 cm³/mol. The Balaban J connectivity index is 2.88. The molecule has 2 rings (SSSR count). The molecule has 0 bridgehead atoms. The minimum Gasteiger partial charge on any atom is -0.399 e. The maximum atomic E-state index is 5.67. The number of nitrogens with one attached hydrogen (secondary N) is 1. The van der Waals surface area contributed by atoms with E-state index in [1.165, 1.54) is 0 Å². The molecule has 3 heteroatoms. The number of hydrogen-bond acceptors (Lipinski definition) is 1. The molecular formula is C9H9BrN2. The van der Waals surface area contributed by atoms with Gasteiger partial charge in [0.1, 0.15) is 0 Å². The van der Waals surface area contributed by atoms with E-state index in [1.807, 2.05) is 25.1 Å². The SMILES string of the molecule is Cc1[nH]c2ccc(N)cc2c1Br. The van der Waals surface area contributed by atoms with Crippen molar-refractivity contribution in [3.63, 3.8) is 0 Å². The zero-order valence-electron chi connectivity index (χ0n) is 6.69. The van der Waals surface area contributed by atoms with Gasteiger partial charge in [-0.2, -0.15) is 0 Å². The second-order valence-corrected chi connectivity index (χ2v) is 3.66. The molecular weight excluding hydrogens is 216 g/mol. The molecule has 0 saturated carbocycles.